The van der Waals surface area contributed by atoms with E-state index >= 15 is 0 Å². The van der Waals surface area contributed by atoms with E-state index in [2.05, 4.69) is 4.98 Å². The van der Waals surface area contributed by atoms with E-state index in [1.807, 2.05) is 0 Å². The lowest BCUT2D eigenvalue weighted by atomic mass is 10.0. The van der Waals surface area contributed by atoms with Crippen molar-refractivity contribution in [1.29, 1.82) is 0 Å². The van der Waals surface area contributed by atoms with Crippen molar-refractivity contribution in [1.82, 2.24) is 4.98 Å². The molecule has 0 unspecified atom stereocenters. The van der Waals surface area contributed by atoms with Gasteiger partial charge in [0.2, 0.25) is 0 Å². The topological polar surface area (TPSA) is 70.2 Å². The molecule has 2 aromatic rings. The van der Waals surface area contributed by atoms with Gasteiger partial charge in [-0.1, -0.05) is 0 Å². The molecule has 0 saturated heterocycles. The predicted molar refractivity (Wildman–Crippen MR) is 55.4 cm³/mol. The number of rotatable bonds is 2. The van der Waals surface area contributed by atoms with Crippen LogP contribution in [0.15, 0.2) is 18.3 Å². The van der Waals surface area contributed by atoms with Gasteiger partial charge in [-0.2, -0.15) is 0 Å². The van der Waals surface area contributed by atoms with Crippen LogP contribution in [0.25, 0.3) is 10.9 Å². The van der Waals surface area contributed by atoms with E-state index in [-0.39, 0.29) is 5.56 Å². The number of aryl methyl sites for hydroxylation is 1. The molecule has 1 aromatic carbocycles. The number of fused-ring (bicyclic) bond motifs is 1. The zero-order valence-corrected chi connectivity index (χ0v) is 8.07. The van der Waals surface area contributed by atoms with E-state index in [4.69, 9.17) is 5.11 Å². The zero-order chi connectivity index (χ0) is 11.0. The highest BCUT2D eigenvalue weighted by Gasteiger charge is 2.11. The molecular weight excluding hydrogens is 194 g/mol. The third kappa shape index (κ3) is 1.40. The molecule has 0 atom stereocenters. The number of aromatic carboxylic acids is 1. The van der Waals surface area contributed by atoms with E-state index in [0.717, 1.165) is 11.7 Å². The Morgan fingerprint density at radius 2 is 2.20 bits per heavy atom. The summed E-state index contributed by atoms with van der Waals surface area (Å²) in [6.45, 7) is 1.71. The Balaban J connectivity index is 2.78. The third-order valence-electron chi connectivity index (χ3n) is 2.42. The van der Waals surface area contributed by atoms with Crippen LogP contribution in [-0.2, 0) is 0 Å². The van der Waals surface area contributed by atoms with Gasteiger partial charge in [0.05, 0.1) is 5.56 Å². The molecule has 2 rings (SSSR count). The van der Waals surface area contributed by atoms with Crippen LogP contribution in [0.4, 0.5) is 0 Å². The first-order valence-electron chi connectivity index (χ1n) is 4.43. The van der Waals surface area contributed by atoms with Crippen molar-refractivity contribution in [2.45, 2.75) is 6.92 Å². The van der Waals surface area contributed by atoms with Crippen molar-refractivity contribution in [2.75, 3.05) is 0 Å². The molecule has 0 aliphatic carbocycles. The molecule has 2 N–H and O–H groups in total. The number of carbonyl (C=O) groups is 2. The van der Waals surface area contributed by atoms with Crippen molar-refractivity contribution in [3.05, 3.63) is 35.0 Å². The zero-order valence-electron chi connectivity index (χ0n) is 8.07. The SMILES string of the molecule is Cc1cc2c(C=O)c[nH]c2cc1C(=O)O. The Morgan fingerprint density at radius 1 is 1.47 bits per heavy atom. The summed E-state index contributed by atoms with van der Waals surface area (Å²) >= 11 is 0. The fourth-order valence-corrected chi connectivity index (χ4v) is 1.63. The maximum Gasteiger partial charge on any atom is 0.336 e. The first kappa shape index (κ1) is 9.45. The second-order valence-corrected chi connectivity index (χ2v) is 3.38. The smallest absolute Gasteiger partial charge is 0.336 e. The summed E-state index contributed by atoms with van der Waals surface area (Å²) in [5.74, 6) is -0.961. The normalized spacial score (nSPS) is 10.5. The summed E-state index contributed by atoms with van der Waals surface area (Å²) in [5, 5.41) is 9.66. The molecule has 4 heteroatoms. The molecular formula is C11H9NO3. The highest BCUT2D eigenvalue weighted by molar-refractivity contribution is 6.01. The lowest BCUT2D eigenvalue weighted by molar-refractivity contribution is 0.0696. The van der Waals surface area contributed by atoms with Gasteiger partial charge >= 0.3 is 5.97 Å². The van der Waals surface area contributed by atoms with Gasteiger partial charge in [-0.05, 0) is 24.6 Å². The maximum absolute atomic E-state index is 10.9. The fourth-order valence-electron chi connectivity index (χ4n) is 1.63. The average molecular weight is 203 g/mol. The first-order chi connectivity index (χ1) is 7.13. The lowest BCUT2D eigenvalue weighted by Gasteiger charge is -2.00. The number of aromatic amines is 1. The number of aldehydes is 1. The second kappa shape index (κ2) is 3.24. The van der Waals surface area contributed by atoms with Crippen molar-refractivity contribution >= 4 is 23.2 Å². The molecule has 0 fully saturated rings. The molecule has 0 saturated carbocycles. The number of hydrogen-bond acceptors (Lipinski definition) is 2. The van der Waals surface area contributed by atoms with Gasteiger partial charge < -0.3 is 10.1 Å². The van der Waals surface area contributed by atoms with Crippen molar-refractivity contribution in [3.63, 3.8) is 0 Å². The molecule has 0 aliphatic heterocycles. The predicted octanol–water partition coefficient (Wildman–Crippen LogP) is 1.99. The van der Waals surface area contributed by atoms with Gasteiger partial charge in [-0.15, -0.1) is 0 Å². The van der Waals surface area contributed by atoms with Crippen LogP contribution in [0.1, 0.15) is 26.3 Å². The Morgan fingerprint density at radius 3 is 2.80 bits per heavy atom. The first-order valence-corrected chi connectivity index (χ1v) is 4.43. The van der Waals surface area contributed by atoms with Gasteiger partial charge in [0, 0.05) is 22.7 Å². The quantitative estimate of drug-likeness (QED) is 0.733. The van der Waals surface area contributed by atoms with Crippen LogP contribution in [-0.4, -0.2) is 22.3 Å². The van der Waals surface area contributed by atoms with E-state index in [1.54, 1.807) is 25.3 Å². The standard InChI is InChI=1S/C11H9NO3/c1-6-2-9-7(5-13)4-12-10(9)3-8(6)11(14)15/h2-5,12H,1H3,(H,14,15). The maximum atomic E-state index is 10.9. The van der Waals surface area contributed by atoms with Crippen molar-refractivity contribution in [2.24, 2.45) is 0 Å². The van der Waals surface area contributed by atoms with Crippen LogP contribution in [0.2, 0.25) is 0 Å². The van der Waals surface area contributed by atoms with Crippen molar-refractivity contribution < 1.29 is 14.7 Å². The average Bonchev–Trinajstić information content (AvgIpc) is 2.58. The molecule has 15 heavy (non-hydrogen) atoms. The lowest BCUT2D eigenvalue weighted by Crippen LogP contribution is -1.99. The summed E-state index contributed by atoms with van der Waals surface area (Å²) in [5.41, 5.74) is 2.12. The Labute approximate surface area is 85.5 Å². The monoisotopic (exact) mass is 203 g/mol. The minimum absolute atomic E-state index is 0.252. The van der Waals surface area contributed by atoms with Gasteiger partial charge in [-0.3, -0.25) is 4.79 Å². The van der Waals surface area contributed by atoms with Gasteiger partial charge in [0.25, 0.3) is 0 Å². The summed E-state index contributed by atoms with van der Waals surface area (Å²) in [6.07, 6.45) is 2.32. The molecule has 4 nitrogen and oxygen atoms in total. The highest BCUT2D eigenvalue weighted by Crippen LogP contribution is 2.21. The number of carboxylic acid groups (broad SMARTS) is 1. The largest absolute Gasteiger partial charge is 0.478 e. The summed E-state index contributed by atoms with van der Waals surface area (Å²) in [6, 6.07) is 3.25. The number of H-pyrrole nitrogens is 1. The van der Waals surface area contributed by atoms with Gasteiger partial charge in [-0.25, -0.2) is 4.79 Å². The van der Waals surface area contributed by atoms with Gasteiger partial charge in [0.1, 0.15) is 0 Å². The van der Waals surface area contributed by atoms with E-state index in [0.29, 0.717) is 16.6 Å². The Kier molecular flexibility index (Phi) is 2.04. The highest BCUT2D eigenvalue weighted by atomic mass is 16.4. The van der Waals surface area contributed by atoms with Crippen LogP contribution in [0.3, 0.4) is 0 Å². The molecule has 0 amide bonds. The summed E-state index contributed by atoms with van der Waals surface area (Å²) in [7, 11) is 0. The summed E-state index contributed by atoms with van der Waals surface area (Å²) in [4.78, 5) is 24.4. The number of carboxylic acids is 1. The Bertz CT molecular complexity index is 554. The van der Waals surface area contributed by atoms with Crippen LogP contribution in [0, 0.1) is 6.92 Å². The molecule has 0 aliphatic rings. The molecule has 1 aromatic heterocycles. The number of carbonyl (C=O) groups excluding carboxylic acids is 1. The van der Waals surface area contributed by atoms with Crippen LogP contribution < -0.4 is 0 Å². The van der Waals surface area contributed by atoms with E-state index in [1.165, 1.54) is 0 Å². The minimum atomic E-state index is -0.961. The number of benzene rings is 1. The molecule has 76 valence electrons. The molecule has 1 heterocycles. The Hall–Kier alpha value is -2.10. The molecule has 0 spiro atoms. The van der Waals surface area contributed by atoms with Crippen molar-refractivity contribution in [3.8, 4) is 0 Å². The van der Waals surface area contributed by atoms with E-state index < -0.39 is 5.97 Å². The molecule has 0 bridgehead atoms. The minimum Gasteiger partial charge on any atom is -0.478 e. The molecule has 0 radical (unpaired) electrons. The number of hydrogen-bond donors (Lipinski definition) is 2. The van der Waals surface area contributed by atoms with Crippen LogP contribution >= 0.6 is 0 Å². The summed E-state index contributed by atoms with van der Waals surface area (Å²) < 4.78 is 0. The number of aromatic nitrogens is 1. The van der Waals surface area contributed by atoms with Gasteiger partial charge in [0.15, 0.2) is 6.29 Å². The number of nitrogens with one attached hydrogen (secondary N) is 1. The third-order valence-corrected chi connectivity index (χ3v) is 2.42. The second-order valence-electron chi connectivity index (χ2n) is 3.38. The van der Waals surface area contributed by atoms with Crippen LogP contribution in [0.5, 0.6) is 0 Å². The van der Waals surface area contributed by atoms with E-state index in [9.17, 15) is 9.59 Å². The fraction of sp³-hybridized carbons (Fsp3) is 0.0909.